The fraction of sp³-hybridized carbons (Fsp3) is 0.963. The van der Waals surface area contributed by atoms with Crippen molar-refractivity contribution in [3.8, 4) is 0 Å². The van der Waals surface area contributed by atoms with E-state index in [0.29, 0.717) is 23.7 Å². The Morgan fingerprint density at radius 3 is 2.33 bits per heavy atom. The molecule has 0 radical (unpaired) electrons. The summed E-state index contributed by atoms with van der Waals surface area (Å²) in [6.45, 7) is 9.29. The summed E-state index contributed by atoms with van der Waals surface area (Å²) in [4.78, 5) is 12.1. The zero-order chi connectivity index (χ0) is 26.6. The lowest BCUT2D eigenvalue weighted by Gasteiger charge is -2.64. The van der Waals surface area contributed by atoms with Crippen LogP contribution in [0.5, 0.6) is 0 Å². The number of amides is 1. The largest absolute Gasteiger partial charge is 0.449 e. The Bertz CT molecular complexity index is 927. The highest BCUT2D eigenvalue weighted by Crippen LogP contribution is 2.69. The molecule has 36 heavy (non-hydrogen) atoms. The van der Waals surface area contributed by atoms with Crippen LogP contribution in [0.15, 0.2) is 0 Å². The number of carbonyl (C=O) groups excluding carboxylic acids is 1. The first-order chi connectivity index (χ1) is 16.8. The second kappa shape index (κ2) is 10.0. The van der Waals surface area contributed by atoms with Crippen molar-refractivity contribution in [2.45, 2.75) is 91.3 Å². The molecular formula is C27H48N2O6S. The third-order valence-corrected chi connectivity index (χ3v) is 12.7. The average molecular weight is 529 g/mol. The lowest BCUT2D eigenvalue weighted by Crippen LogP contribution is -2.62. The molecular weight excluding hydrogens is 480 g/mol. The molecule has 0 saturated heterocycles. The molecule has 4 aliphatic rings. The first-order valence-corrected chi connectivity index (χ1v) is 15.4. The monoisotopic (exact) mass is 528 g/mol. The molecule has 0 spiro atoms. The lowest BCUT2D eigenvalue weighted by atomic mass is 9.41. The smallest absolute Gasteiger partial charge is 0.421 e. The number of nitrogens with one attached hydrogen (secondary N) is 1. The third-order valence-electron chi connectivity index (χ3n) is 11.3. The predicted octanol–water partition coefficient (Wildman–Crippen LogP) is 3.78. The molecule has 1 amide bonds. The molecule has 0 unspecified atom stereocenters. The first kappa shape index (κ1) is 28.1. The zero-order valence-electron chi connectivity index (χ0n) is 22.9. The van der Waals surface area contributed by atoms with Crippen LogP contribution in [-0.4, -0.2) is 61.9 Å². The second-order valence-corrected chi connectivity index (χ2v) is 15.0. The third kappa shape index (κ3) is 4.60. The minimum atomic E-state index is -3.88. The summed E-state index contributed by atoms with van der Waals surface area (Å²) in [6.07, 6.45) is 6.48. The van der Waals surface area contributed by atoms with Crippen LogP contribution in [0, 0.1) is 52.3 Å². The van der Waals surface area contributed by atoms with Gasteiger partial charge in [0.05, 0.1) is 18.8 Å². The van der Waals surface area contributed by atoms with Gasteiger partial charge in [-0.05, 0) is 97.2 Å². The van der Waals surface area contributed by atoms with E-state index >= 15 is 0 Å². The molecule has 4 aliphatic carbocycles. The number of aliphatic hydroxyl groups excluding tert-OH is 2. The topological polar surface area (TPSA) is 116 Å². The summed E-state index contributed by atoms with van der Waals surface area (Å²) >= 11 is 0. The van der Waals surface area contributed by atoms with E-state index in [0.717, 1.165) is 55.7 Å². The molecule has 3 N–H and O–H groups in total. The molecule has 0 aromatic heterocycles. The number of carbonyl (C=O) groups is 1. The Morgan fingerprint density at radius 1 is 1.06 bits per heavy atom. The first-order valence-electron chi connectivity index (χ1n) is 14.0. The van der Waals surface area contributed by atoms with Gasteiger partial charge in [-0.25, -0.2) is 9.52 Å². The highest BCUT2D eigenvalue weighted by Gasteiger charge is 2.64. The Labute approximate surface area is 217 Å². The van der Waals surface area contributed by atoms with Crippen molar-refractivity contribution in [2.75, 3.05) is 20.7 Å². The van der Waals surface area contributed by atoms with Crippen LogP contribution in [0.1, 0.15) is 79.1 Å². The number of ether oxygens (including phenoxy) is 1. The Balaban J connectivity index is 1.49. The van der Waals surface area contributed by atoms with E-state index in [1.54, 1.807) is 0 Å². The van der Waals surface area contributed by atoms with Gasteiger partial charge in [-0.2, -0.15) is 12.7 Å². The molecule has 0 heterocycles. The molecule has 0 bridgehead atoms. The number of hydrogen-bond donors (Lipinski definition) is 3. The molecule has 8 nitrogen and oxygen atoms in total. The summed E-state index contributed by atoms with van der Waals surface area (Å²) in [5, 5.41) is 22.3. The maximum atomic E-state index is 12.1. The van der Waals surface area contributed by atoms with Crippen molar-refractivity contribution < 1.29 is 28.2 Å². The predicted molar refractivity (Wildman–Crippen MR) is 138 cm³/mol. The Hall–Kier alpha value is -0.900. The van der Waals surface area contributed by atoms with E-state index in [2.05, 4.69) is 27.7 Å². The van der Waals surface area contributed by atoms with Crippen molar-refractivity contribution >= 4 is 16.3 Å². The Kier molecular flexibility index (Phi) is 7.82. The molecule has 0 aromatic rings. The number of aliphatic hydroxyl groups is 2. The zero-order valence-corrected chi connectivity index (χ0v) is 23.8. The SMILES string of the molecule is CC[C@H]1[C@@H](O)[C@@H]2[C@H](CC[C@]3(C)[C@@H]([C@H](C)COC(=O)NS(=O)(=O)N(C)C)CC[C@@H]23)[C@@]2(C)CC[C@@H](O)C[C@@H]12. The van der Waals surface area contributed by atoms with Gasteiger partial charge in [0, 0.05) is 14.1 Å². The van der Waals surface area contributed by atoms with Crippen molar-refractivity contribution in [3.63, 3.8) is 0 Å². The average Bonchev–Trinajstić information content (AvgIpc) is 3.15. The quantitative estimate of drug-likeness (QED) is 0.483. The van der Waals surface area contributed by atoms with E-state index in [1.165, 1.54) is 14.1 Å². The van der Waals surface area contributed by atoms with Gasteiger partial charge in [-0.15, -0.1) is 0 Å². The maximum absolute atomic E-state index is 12.1. The Morgan fingerprint density at radius 2 is 1.69 bits per heavy atom. The van der Waals surface area contributed by atoms with Gasteiger partial charge in [0.25, 0.3) is 0 Å². The summed E-state index contributed by atoms with van der Waals surface area (Å²) < 4.78 is 32.1. The van der Waals surface area contributed by atoms with Crippen LogP contribution < -0.4 is 4.72 Å². The normalized spacial score (nSPS) is 45.4. The number of fused-ring (bicyclic) bond motifs is 5. The van der Waals surface area contributed by atoms with E-state index in [-0.39, 0.29) is 47.4 Å². The van der Waals surface area contributed by atoms with Crippen LogP contribution in [0.4, 0.5) is 4.79 Å². The minimum Gasteiger partial charge on any atom is -0.449 e. The van der Waals surface area contributed by atoms with E-state index in [1.807, 2.05) is 4.72 Å². The van der Waals surface area contributed by atoms with Crippen LogP contribution in [0.25, 0.3) is 0 Å². The van der Waals surface area contributed by atoms with E-state index < -0.39 is 16.3 Å². The van der Waals surface area contributed by atoms with Crippen LogP contribution in [-0.2, 0) is 14.9 Å². The number of nitrogens with zero attached hydrogens (tertiary/aromatic N) is 1. The van der Waals surface area contributed by atoms with Gasteiger partial charge in [-0.1, -0.05) is 34.1 Å². The van der Waals surface area contributed by atoms with Gasteiger partial charge >= 0.3 is 16.3 Å². The molecule has 4 rings (SSSR count). The van der Waals surface area contributed by atoms with Gasteiger partial charge in [0.1, 0.15) is 0 Å². The number of rotatable bonds is 6. The van der Waals surface area contributed by atoms with Crippen molar-refractivity contribution in [1.29, 1.82) is 0 Å². The molecule has 4 fully saturated rings. The van der Waals surface area contributed by atoms with E-state index in [4.69, 9.17) is 4.74 Å². The second-order valence-electron chi connectivity index (χ2n) is 13.1. The summed E-state index contributed by atoms with van der Waals surface area (Å²) in [5.41, 5.74) is 0.237. The molecule has 0 aliphatic heterocycles. The minimum absolute atomic E-state index is 0.0623. The van der Waals surface area contributed by atoms with Crippen LogP contribution in [0.3, 0.4) is 0 Å². The lowest BCUT2D eigenvalue weighted by molar-refractivity contribution is -0.203. The van der Waals surface area contributed by atoms with Gasteiger partial charge < -0.3 is 14.9 Å². The van der Waals surface area contributed by atoms with Crippen molar-refractivity contribution in [3.05, 3.63) is 0 Å². The van der Waals surface area contributed by atoms with Crippen molar-refractivity contribution in [1.82, 2.24) is 9.03 Å². The van der Waals surface area contributed by atoms with Gasteiger partial charge in [0.2, 0.25) is 0 Å². The fourth-order valence-corrected chi connectivity index (χ4v) is 9.93. The maximum Gasteiger partial charge on any atom is 0.421 e. The standard InChI is InChI=1S/C27H48N2O6S/c1-7-18-22-14-17(30)10-12-27(22,4)21-11-13-26(3)19(8-9-20(26)23(21)24(18)31)16(2)15-35-25(32)28-36(33,34)29(5)6/h16-24,30-31H,7-15H2,1-6H3,(H,28,32)/t16-,17-,18-,19-,20+,21+,22+,23+,24-,26-,27-/m1/s1. The van der Waals surface area contributed by atoms with Crippen molar-refractivity contribution in [2.24, 2.45) is 52.3 Å². The molecule has 0 aromatic carbocycles. The summed E-state index contributed by atoms with van der Waals surface area (Å²) in [6, 6.07) is 0. The van der Waals surface area contributed by atoms with Crippen LogP contribution >= 0.6 is 0 Å². The van der Waals surface area contributed by atoms with Gasteiger partial charge in [-0.3, -0.25) is 0 Å². The molecule has 4 saturated carbocycles. The highest BCUT2D eigenvalue weighted by atomic mass is 32.2. The molecule has 208 valence electrons. The fourth-order valence-electron chi connectivity index (χ4n) is 9.48. The van der Waals surface area contributed by atoms with Crippen LogP contribution in [0.2, 0.25) is 0 Å². The highest BCUT2D eigenvalue weighted by molar-refractivity contribution is 7.87. The van der Waals surface area contributed by atoms with E-state index in [9.17, 15) is 23.4 Å². The van der Waals surface area contributed by atoms with Gasteiger partial charge in [0.15, 0.2) is 0 Å². The summed E-state index contributed by atoms with van der Waals surface area (Å²) in [7, 11) is -1.16. The molecule has 11 atom stereocenters. The molecule has 9 heteroatoms. The summed E-state index contributed by atoms with van der Waals surface area (Å²) in [5.74, 6) is 2.26. The number of hydrogen-bond acceptors (Lipinski definition) is 6.